The third-order valence-corrected chi connectivity index (χ3v) is 3.33. The summed E-state index contributed by atoms with van der Waals surface area (Å²) in [5.74, 6) is -0.243. The molecule has 0 N–H and O–H groups in total. The first-order valence-electron chi connectivity index (χ1n) is 7.48. The lowest BCUT2D eigenvalue weighted by Crippen LogP contribution is -2.27. The zero-order valence-corrected chi connectivity index (χ0v) is 14.2. The van der Waals surface area contributed by atoms with E-state index in [9.17, 15) is 9.59 Å². The Morgan fingerprint density at radius 3 is 2.57 bits per heavy atom. The number of rotatable bonds is 3. The van der Waals surface area contributed by atoms with E-state index in [1.165, 1.54) is 11.8 Å². The lowest BCUT2D eigenvalue weighted by molar-refractivity contribution is -0.140. The molecule has 6 nitrogen and oxygen atoms in total. The van der Waals surface area contributed by atoms with E-state index in [4.69, 9.17) is 4.74 Å². The summed E-state index contributed by atoms with van der Waals surface area (Å²) in [6.45, 7) is 7.35. The number of methoxy groups -OCH3 is 1. The second-order valence-corrected chi connectivity index (χ2v) is 6.46. The monoisotopic (exact) mass is 318 g/mol. The fourth-order valence-corrected chi connectivity index (χ4v) is 2.39. The Hall–Kier alpha value is -2.37. The molecular formula is C17H22N2O4. The van der Waals surface area contributed by atoms with Gasteiger partial charge in [0.15, 0.2) is 0 Å². The van der Waals surface area contributed by atoms with Gasteiger partial charge in [0, 0.05) is 11.8 Å². The molecule has 0 unspecified atom stereocenters. The highest BCUT2D eigenvalue weighted by Crippen LogP contribution is 2.22. The molecule has 0 fully saturated rings. The third kappa shape index (κ3) is 4.09. The van der Waals surface area contributed by atoms with Crippen LogP contribution in [0.5, 0.6) is 0 Å². The molecule has 0 atom stereocenters. The molecular weight excluding hydrogens is 296 g/mol. The van der Waals surface area contributed by atoms with Gasteiger partial charge in [0.05, 0.1) is 18.8 Å². The van der Waals surface area contributed by atoms with Gasteiger partial charge < -0.3 is 9.47 Å². The fraction of sp³-hybridized carbons (Fsp3) is 0.471. The summed E-state index contributed by atoms with van der Waals surface area (Å²) >= 11 is 0. The summed E-state index contributed by atoms with van der Waals surface area (Å²) in [7, 11) is 1.38. The summed E-state index contributed by atoms with van der Waals surface area (Å²) in [4.78, 5) is 23.5. The van der Waals surface area contributed by atoms with Gasteiger partial charge in [-0.05, 0) is 51.3 Å². The number of ether oxygens (including phenoxy) is 2. The largest absolute Gasteiger partial charge is 0.469 e. The first-order chi connectivity index (χ1) is 10.7. The van der Waals surface area contributed by atoms with Crippen molar-refractivity contribution >= 4 is 23.0 Å². The van der Waals surface area contributed by atoms with Crippen LogP contribution in [0.25, 0.3) is 10.9 Å². The Balaban J connectivity index is 2.31. The molecule has 0 saturated heterocycles. The quantitative estimate of drug-likeness (QED) is 0.813. The smallest absolute Gasteiger partial charge is 0.435 e. The summed E-state index contributed by atoms with van der Waals surface area (Å²) in [5.41, 5.74) is 2.06. The van der Waals surface area contributed by atoms with Gasteiger partial charge in [-0.3, -0.25) is 4.79 Å². The van der Waals surface area contributed by atoms with E-state index >= 15 is 0 Å². The van der Waals surface area contributed by atoms with Crippen molar-refractivity contribution in [2.24, 2.45) is 0 Å². The van der Waals surface area contributed by atoms with Crippen molar-refractivity contribution in [3.05, 3.63) is 29.5 Å². The van der Waals surface area contributed by atoms with Crippen LogP contribution in [-0.4, -0.2) is 34.6 Å². The average Bonchev–Trinajstić information content (AvgIpc) is 2.87. The van der Waals surface area contributed by atoms with E-state index in [2.05, 4.69) is 9.84 Å². The van der Waals surface area contributed by atoms with E-state index in [0.29, 0.717) is 12.8 Å². The minimum absolute atomic E-state index is 0.243. The first kappa shape index (κ1) is 17.0. The van der Waals surface area contributed by atoms with Crippen molar-refractivity contribution in [2.45, 2.75) is 46.1 Å². The van der Waals surface area contributed by atoms with Crippen LogP contribution in [0.15, 0.2) is 18.3 Å². The molecule has 0 radical (unpaired) electrons. The van der Waals surface area contributed by atoms with E-state index < -0.39 is 11.7 Å². The van der Waals surface area contributed by atoms with Crippen LogP contribution in [0.3, 0.4) is 0 Å². The molecule has 0 bridgehead atoms. The van der Waals surface area contributed by atoms with Crippen LogP contribution in [0.1, 0.15) is 38.3 Å². The first-order valence-corrected chi connectivity index (χ1v) is 7.48. The van der Waals surface area contributed by atoms with Crippen LogP contribution in [-0.2, 0) is 20.7 Å². The van der Waals surface area contributed by atoms with Crippen molar-refractivity contribution in [1.29, 1.82) is 0 Å². The minimum Gasteiger partial charge on any atom is -0.469 e. The maximum Gasteiger partial charge on any atom is 0.435 e. The Morgan fingerprint density at radius 2 is 1.96 bits per heavy atom. The molecule has 0 aliphatic rings. The van der Waals surface area contributed by atoms with E-state index in [1.54, 1.807) is 6.20 Å². The maximum absolute atomic E-state index is 12.2. The van der Waals surface area contributed by atoms with Gasteiger partial charge in [-0.15, -0.1) is 0 Å². The summed E-state index contributed by atoms with van der Waals surface area (Å²) in [6.07, 6.45) is 2.04. The van der Waals surface area contributed by atoms with Gasteiger partial charge in [0.2, 0.25) is 0 Å². The molecule has 0 aliphatic heterocycles. The zero-order valence-electron chi connectivity index (χ0n) is 14.2. The Kier molecular flexibility index (Phi) is 4.73. The molecule has 0 amide bonds. The van der Waals surface area contributed by atoms with Crippen molar-refractivity contribution in [3.8, 4) is 0 Å². The topological polar surface area (TPSA) is 70.4 Å². The molecule has 1 aromatic heterocycles. The number of hydrogen-bond acceptors (Lipinski definition) is 5. The molecule has 1 aromatic carbocycles. The minimum atomic E-state index is -0.580. The number of benzene rings is 1. The van der Waals surface area contributed by atoms with Crippen molar-refractivity contribution in [2.75, 3.05) is 7.11 Å². The van der Waals surface area contributed by atoms with Crippen molar-refractivity contribution in [3.63, 3.8) is 0 Å². The molecule has 0 spiro atoms. The van der Waals surface area contributed by atoms with Gasteiger partial charge in [-0.2, -0.15) is 9.78 Å². The Labute approximate surface area is 135 Å². The van der Waals surface area contributed by atoms with Crippen molar-refractivity contribution < 1.29 is 19.1 Å². The number of fused-ring (bicyclic) bond motifs is 1. The summed E-state index contributed by atoms with van der Waals surface area (Å²) in [5, 5.41) is 4.99. The third-order valence-electron chi connectivity index (χ3n) is 3.33. The fourth-order valence-electron chi connectivity index (χ4n) is 2.39. The lowest BCUT2D eigenvalue weighted by atomic mass is 10.0. The molecule has 124 valence electrons. The number of esters is 1. The van der Waals surface area contributed by atoms with E-state index in [-0.39, 0.29) is 5.97 Å². The van der Waals surface area contributed by atoms with Crippen LogP contribution in [0.2, 0.25) is 0 Å². The zero-order chi connectivity index (χ0) is 17.2. The second kappa shape index (κ2) is 6.40. The lowest BCUT2D eigenvalue weighted by Gasteiger charge is -2.19. The van der Waals surface area contributed by atoms with Gasteiger partial charge in [-0.25, -0.2) is 4.79 Å². The molecule has 2 aromatic rings. The number of aryl methyl sites for hydroxylation is 2. The number of carbonyl (C=O) groups is 2. The van der Waals surface area contributed by atoms with Gasteiger partial charge in [0.1, 0.15) is 5.60 Å². The highest BCUT2D eigenvalue weighted by Gasteiger charge is 2.21. The number of aromatic nitrogens is 2. The van der Waals surface area contributed by atoms with Crippen LogP contribution >= 0.6 is 0 Å². The predicted octanol–water partition coefficient (Wildman–Crippen LogP) is 3.23. The molecule has 6 heteroatoms. The van der Waals surface area contributed by atoms with Gasteiger partial charge >= 0.3 is 12.1 Å². The van der Waals surface area contributed by atoms with Crippen molar-refractivity contribution in [1.82, 2.24) is 9.78 Å². The molecule has 0 saturated carbocycles. The SMILES string of the molecule is COC(=O)CCc1cc(C)c2c(cnn2C(=O)OC(C)(C)C)c1. The highest BCUT2D eigenvalue weighted by molar-refractivity contribution is 5.90. The second-order valence-electron chi connectivity index (χ2n) is 6.46. The number of hydrogen-bond donors (Lipinski definition) is 0. The number of nitrogens with zero attached hydrogens (tertiary/aromatic N) is 2. The van der Waals surface area contributed by atoms with Gasteiger partial charge in [0.25, 0.3) is 0 Å². The Morgan fingerprint density at radius 1 is 1.26 bits per heavy atom. The predicted molar refractivity (Wildman–Crippen MR) is 86.4 cm³/mol. The average molecular weight is 318 g/mol. The normalized spacial score (nSPS) is 11.5. The highest BCUT2D eigenvalue weighted by atomic mass is 16.6. The molecule has 1 heterocycles. The van der Waals surface area contributed by atoms with Crippen LogP contribution < -0.4 is 0 Å². The van der Waals surface area contributed by atoms with E-state index in [0.717, 1.165) is 22.0 Å². The van der Waals surface area contributed by atoms with E-state index in [1.807, 2.05) is 39.8 Å². The summed E-state index contributed by atoms with van der Waals surface area (Å²) in [6, 6.07) is 3.88. The van der Waals surface area contributed by atoms with Gasteiger partial charge in [-0.1, -0.05) is 6.07 Å². The maximum atomic E-state index is 12.2. The molecule has 0 aliphatic carbocycles. The van der Waals surface area contributed by atoms with Crippen LogP contribution in [0.4, 0.5) is 4.79 Å². The Bertz CT molecular complexity index is 741. The standard InChI is InChI=1S/C17H22N2O4/c1-11-8-12(6-7-14(20)22-5)9-13-10-18-19(15(11)13)16(21)23-17(2,3)4/h8-10H,6-7H2,1-5H3. The molecule has 2 rings (SSSR count). The molecule has 23 heavy (non-hydrogen) atoms. The summed E-state index contributed by atoms with van der Waals surface area (Å²) < 4.78 is 11.3. The van der Waals surface area contributed by atoms with Crippen LogP contribution in [0, 0.1) is 6.92 Å². The number of carbonyl (C=O) groups excluding carboxylic acids is 2.